The SMILES string of the molecule is OB(O)c1cc(Cl)c(C(F)(F)F)c(Cl)c1. The van der Waals surface area contributed by atoms with Gasteiger partial charge in [0.15, 0.2) is 0 Å². The Bertz CT molecular complexity index is 358. The van der Waals surface area contributed by atoms with Crippen LogP contribution in [0.4, 0.5) is 13.2 Å². The molecule has 15 heavy (non-hydrogen) atoms. The molecule has 0 amide bonds. The first-order valence-electron chi connectivity index (χ1n) is 3.65. The molecule has 82 valence electrons. The molecule has 0 aliphatic heterocycles. The summed E-state index contributed by atoms with van der Waals surface area (Å²) < 4.78 is 37.0. The number of halogens is 5. The van der Waals surface area contributed by atoms with Gasteiger partial charge in [0.05, 0.1) is 15.6 Å². The standard InChI is InChI=1S/C7H4BCl2F3O2/c9-4-1-3(8(14)15)2-5(10)6(4)7(11,12)13/h1-2,14-15H. The fraction of sp³-hybridized carbons (Fsp3) is 0.143. The van der Waals surface area contributed by atoms with Crippen LogP contribution in [0.15, 0.2) is 12.1 Å². The van der Waals surface area contributed by atoms with Gasteiger partial charge in [0.25, 0.3) is 0 Å². The Morgan fingerprint density at radius 2 is 1.47 bits per heavy atom. The van der Waals surface area contributed by atoms with E-state index in [-0.39, 0.29) is 5.46 Å². The second-order valence-electron chi connectivity index (χ2n) is 2.73. The summed E-state index contributed by atoms with van der Waals surface area (Å²) in [6.45, 7) is 0. The number of rotatable bonds is 1. The van der Waals surface area contributed by atoms with Crippen molar-refractivity contribution >= 4 is 35.8 Å². The van der Waals surface area contributed by atoms with E-state index < -0.39 is 28.9 Å². The van der Waals surface area contributed by atoms with E-state index in [0.717, 1.165) is 12.1 Å². The van der Waals surface area contributed by atoms with Crippen LogP contribution < -0.4 is 5.46 Å². The van der Waals surface area contributed by atoms with Crippen LogP contribution in [0.5, 0.6) is 0 Å². The lowest BCUT2D eigenvalue weighted by Crippen LogP contribution is -2.30. The van der Waals surface area contributed by atoms with Gasteiger partial charge in [-0.15, -0.1) is 0 Å². The minimum Gasteiger partial charge on any atom is -0.423 e. The normalized spacial score (nSPS) is 11.7. The first-order chi connectivity index (χ1) is 6.73. The topological polar surface area (TPSA) is 40.5 Å². The van der Waals surface area contributed by atoms with Crippen LogP contribution in [-0.4, -0.2) is 17.2 Å². The van der Waals surface area contributed by atoms with Gasteiger partial charge < -0.3 is 10.0 Å². The van der Waals surface area contributed by atoms with E-state index >= 15 is 0 Å². The van der Waals surface area contributed by atoms with E-state index in [1.54, 1.807) is 0 Å². The number of benzene rings is 1. The van der Waals surface area contributed by atoms with E-state index in [1.807, 2.05) is 0 Å². The third-order valence-corrected chi connectivity index (χ3v) is 2.24. The van der Waals surface area contributed by atoms with E-state index in [4.69, 9.17) is 33.2 Å². The third-order valence-electron chi connectivity index (χ3n) is 1.65. The highest BCUT2D eigenvalue weighted by Crippen LogP contribution is 2.38. The van der Waals surface area contributed by atoms with Gasteiger partial charge in [0, 0.05) is 0 Å². The summed E-state index contributed by atoms with van der Waals surface area (Å²) in [5.41, 5.74) is -1.38. The van der Waals surface area contributed by atoms with Crippen LogP contribution in [0.2, 0.25) is 10.0 Å². The molecule has 0 aromatic heterocycles. The van der Waals surface area contributed by atoms with Crippen LogP contribution >= 0.6 is 23.2 Å². The molecule has 0 aliphatic carbocycles. The zero-order valence-corrected chi connectivity index (χ0v) is 8.53. The van der Waals surface area contributed by atoms with Crippen molar-refractivity contribution in [1.29, 1.82) is 0 Å². The van der Waals surface area contributed by atoms with Crippen molar-refractivity contribution in [2.75, 3.05) is 0 Å². The Morgan fingerprint density at radius 3 is 1.73 bits per heavy atom. The predicted molar refractivity (Wildman–Crippen MR) is 51.3 cm³/mol. The van der Waals surface area contributed by atoms with Gasteiger partial charge in [0.1, 0.15) is 0 Å². The van der Waals surface area contributed by atoms with Gasteiger partial charge >= 0.3 is 13.3 Å². The maximum absolute atomic E-state index is 12.3. The van der Waals surface area contributed by atoms with Gasteiger partial charge in [-0.2, -0.15) is 13.2 Å². The molecule has 0 unspecified atom stereocenters. The maximum atomic E-state index is 12.3. The van der Waals surface area contributed by atoms with Crippen molar-refractivity contribution in [3.63, 3.8) is 0 Å². The summed E-state index contributed by atoms with van der Waals surface area (Å²) in [5.74, 6) is 0. The Hall–Kier alpha value is -0.425. The second-order valence-corrected chi connectivity index (χ2v) is 3.55. The second kappa shape index (κ2) is 4.21. The molecule has 1 rings (SSSR count). The van der Waals surface area contributed by atoms with Crippen molar-refractivity contribution < 1.29 is 23.2 Å². The Morgan fingerprint density at radius 1 is 1.07 bits per heavy atom. The molecule has 1 aromatic carbocycles. The molecule has 8 heteroatoms. The van der Waals surface area contributed by atoms with Crippen molar-refractivity contribution in [2.45, 2.75) is 6.18 Å². The van der Waals surface area contributed by atoms with E-state index in [0.29, 0.717) is 0 Å². The quantitative estimate of drug-likeness (QED) is 0.753. The summed E-state index contributed by atoms with van der Waals surface area (Å²) >= 11 is 10.7. The number of hydrogen-bond acceptors (Lipinski definition) is 2. The molecule has 0 saturated heterocycles. The van der Waals surface area contributed by atoms with E-state index in [9.17, 15) is 13.2 Å². The fourth-order valence-corrected chi connectivity index (χ4v) is 1.73. The molecule has 0 spiro atoms. The zero-order chi connectivity index (χ0) is 11.8. The lowest BCUT2D eigenvalue weighted by Gasteiger charge is -2.12. The Labute approximate surface area is 93.4 Å². The summed E-state index contributed by atoms with van der Waals surface area (Å²) in [4.78, 5) is 0. The monoisotopic (exact) mass is 258 g/mol. The molecule has 0 bridgehead atoms. The minimum absolute atomic E-state index is 0.196. The largest absolute Gasteiger partial charge is 0.488 e. The summed E-state index contributed by atoms with van der Waals surface area (Å²) in [7, 11) is -1.91. The van der Waals surface area contributed by atoms with Crippen molar-refractivity contribution in [1.82, 2.24) is 0 Å². The van der Waals surface area contributed by atoms with Gasteiger partial charge in [-0.25, -0.2) is 0 Å². The molecule has 0 aliphatic rings. The van der Waals surface area contributed by atoms with Crippen molar-refractivity contribution in [3.8, 4) is 0 Å². The molecule has 0 saturated carbocycles. The van der Waals surface area contributed by atoms with Gasteiger partial charge in [-0.3, -0.25) is 0 Å². The van der Waals surface area contributed by atoms with E-state index in [1.165, 1.54) is 0 Å². The Kier molecular flexibility index (Phi) is 3.55. The lowest BCUT2D eigenvalue weighted by atomic mass is 9.80. The molecule has 1 aromatic rings. The molecule has 0 heterocycles. The Balaban J connectivity index is 3.34. The highest BCUT2D eigenvalue weighted by molar-refractivity contribution is 6.59. The molecule has 0 fully saturated rings. The molecular formula is C7H4BCl2F3O2. The first kappa shape index (κ1) is 12.6. The van der Waals surface area contributed by atoms with Crippen LogP contribution in [-0.2, 0) is 6.18 Å². The molecule has 2 N–H and O–H groups in total. The van der Waals surface area contributed by atoms with Crippen LogP contribution in [0.1, 0.15) is 5.56 Å². The van der Waals surface area contributed by atoms with E-state index in [2.05, 4.69) is 0 Å². The molecule has 0 radical (unpaired) electrons. The van der Waals surface area contributed by atoms with Gasteiger partial charge in [-0.1, -0.05) is 23.2 Å². The summed E-state index contributed by atoms with van der Waals surface area (Å²) in [5, 5.41) is 16.1. The van der Waals surface area contributed by atoms with Gasteiger partial charge in [-0.05, 0) is 17.6 Å². The number of hydrogen-bond donors (Lipinski definition) is 2. The fourth-order valence-electron chi connectivity index (χ4n) is 1.01. The minimum atomic E-state index is -4.67. The number of alkyl halides is 3. The summed E-state index contributed by atoms with van der Waals surface area (Å²) in [6.07, 6.45) is -4.67. The molecule has 2 nitrogen and oxygen atoms in total. The smallest absolute Gasteiger partial charge is 0.423 e. The maximum Gasteiger partial charge on any atom is 0.488 e. The third kappa shape index (κ3) is 2.78. The van der Waals surface area contributed by atoms with Crippen LogP contribution in [0.3, 0.4) is 0 Å². The van der Waals surface area contributed by atoms with Gasteiger partial charge in [0.2, 0.25) is 0 Å². The molecule has 0 atom stereocenters. The highest BCUT2D eigenvalue weighted by atomic mass is 35.5. The average molecular weight is 259 g/mol. The highest BCUT2D eigenvalue weighted by Gasteiger charge is 2.36. The zero-order valence-electron chi connectivity index (χ0n) is 7.02. The first-order valence-corrected chi connectivity index (χ1v) is 4.41. The van der Waals surface area contributed by atoms with Crippen LogP contribution in [0, 0.1) is 0 Å². The van der Waals surface area contributed by atoms with Crippen molar-refractivity contribution in [2.24, 2.45) is 0 Å². The lowest BCUT2D eigenvalue weighted by molar-refractivity contribution is -0.137. The van der Waals surface area contributed by atoms with Crippen molar-refractivity contribution in [3.05, 3.63) is 27.7 Å². The predicted octanol–water partition coefficient (Wildman–Crippen LogP) is 1.69. The molecular weight excluding hydrogens is 255 g/mol. The summed E-state index contributed by atoms with van der Waals surface area (Å²) in [6, 6.07) is 1.61. The van der Waals surface area contributed by atoms with Crippen LogP contribution in [0.25, 0.3) is 0 Å². The average Bonchev–Trinajstić information content (AvgIpc) is 1.99.